The van der Waals surface area contributed by atoms with Gasteiger partial charge >= 0.3 is 0 Å². The summed E-state index contributed by atoms with van der Waals surface area (Å²) in [6, 6.07) is 3.09. The molecule has 1 aliphatic carbocycles. The number of nitrogens with one attached hydrogen (secondary N) is 3. The first-order valence-corrected chi connectivity index (χ1v) is 11.0. The van der Waals surface area contributed by atoms with E-state index in [1.807, 2.05) is 0 Å². The summed E-state index contributed by atoms with van der Waals surface area (Å²) in [6.45, 7) is 1.75. The van der Waals surface area contributed by atoms with Gasteiger partial charge in [0, 0.05) is 29.7 Å². The zero-order valence-corrected chi connectivity index (χ0v) is 18.8. The fraction of sp³-hybridized carbons (Fsp3) is 0.348. The minimum Gasteiger partial charge on any atom is -0.399 e. The summed E-state index contributed by atoms with van der Waals surface area (Å²) in [5, 5.41) is 5.22. The molecular formula is C23H24F2N6O4. The smallest absolute Gasteiger partial charge is 0.293 e. The second kappa shape index (κ2) is 8.17. The van der Waals surface area contributed by atoms with E-state index in [2.05, 4.69) is 16.1 Å². The summed E-state index contributed by atoms with van der Waals surface area (Å²) in [5.41, 5.74) is 8.86. The van der Waals surface area contributed by atoms with Gasteiger partial charge in [-0.15, -0.1) is 0 Å². The highest BCUT2D eigenvalue weighted by molar-refractivity contribution is 6.44. The van der Waals surface area contributed by atoms with Crippen molar-refractivity contribution in [2.45, 2.75) is 31.3 Å². The van der Waals surface area contributed by atoms with Gasteiger partial charge in [0.1, 0.15) is 11.2 Å². The van der Waals surface area contributed by atoms with Crippen LogP contribution in [0.1, 0.15) is 44.6 Å². The average molecular weight is 486 g/mol. The summed E-state index contributed by atoms with van der Waals surface area (Å²) in [5.74, 6) is 1.19. The molecule has 1 saturated carbocycles. The Morgan fingerprint density at radius 2 is 1.97 bits per heavy atom. The third kappa shape index (κ3) is 3.65. The van der Waals surface area contributed by atoms with Gasteiger partial charge in [-0.1, -0.05) is 0 Å². The van der Waals surface area contributed by atoms with Crippen LogP contribution in [0.3, 0.4) is 0 Å². The van der Waals surface area contributed by atoms with Gasteiger partial charge in [-0.25, -0.2) is 8.78 Å². The Morgan fingerprint density at radius 1 is 1.23 bits per heavy atom. The molecule has 184 valence electrons. The number of anilines is 1. The van der Waals surface area contributed by atoms with E-state index >= 15 is 0 Å². The van der Waals surface area contributed by atoms with Crippen LogP contribution in [0.15, 0.2) is 30.1 Å². The van der Waals surface area contributed by atoms with Crippen molar-refractivity contribution >= 4 is 23.3 Å². The Kier molecular flexibility index (Phi) is 5.37. The topological polar surface area (TPSA) is 154 Å². The summed E-state index contributed by atoms with van der Waals surface area (Å²) in [4.78, 5) is 39.5. The molecule has 2 aromatic rings. The molecule has 1 aromatic heterocycles. The van der Waals surface area contributed by atoms with Crippen LogP contribution in [0.5, 0.6) is 0 Å². The van der Waals surface area contributed by atoms with E-state index in [9.17, 15) is 23.2 Å². The standard InChI is InChI=1S/C23H24F2N6O4/c1-10-18(20(32)22(34)30-23(8-35-9-23)17(26)7-28-27)16-5-11-4-15(11)31(16)19(10)21(33)29-12-2-3-13(24)14(25)6-12/h2-3,6-7,11,15,28H,4-5,8-9,26-27H2,1H3,(H,29,33)(H,30,34). The minimum atomic E-state index is -1.10. The van der Waals surface area contributed by atoms with Gasteiger partial charge in [-0.05, 0) is 43.4 Å². The van der Waals surface area contributed by atoms with Crippen LogP contribution >= 0.6 is 0 Å². The number of aromatic nitrogens is 1. The van der Waals surface area contributed by atoms with E-state index in [1.165, 1.54) is 12.3 Å². The van der Waals surface area contributed by atoms with E-state index in [4.69, 9.17) is 16.3 Å². The summed E-state index contributed by atoms with van der Waals surface area (Å²) in [7, 11) is 0. The highest BCUT2D eigenvalue weighted by atomic mass is 19.2. The Hall–Kier alpha value is -3.77. The van der Waals surface area contributed by atoms with Crippen LogP contribution in [0.4, 0.5) is 14.5 Å². The maximum Gasteiger partial charge on any atom is 0.293 e. The number of rotatable bonds is 7. The largest absolute Gasteiger partial charge is 0.399 e. The van der Waals surface area contributed by atoms with E-state index in [1.54, 1.807) is 11.5 Å². The van der Waals surface area contributed by atoms with Crippen molar-refractivity contribution in [3.63, 3.8) is 0 Å². The third-order valence-corrected chi connectivity index (χ3v) is 6.89. The summed E-state index contributed by atoms with van der Waals surface area (Å²) in [6.07, 6.45) is 2.73. The molecule has 7 N–H and O–H groups in total. The Morgan fingerprint density at radius 3 is 2.60 bits per heavy atom. The third-order valence-electron chi connectivity index (χ3n) is 6.89. The molecule has 3 heterocycles. The molecule has 2 amide bonds. The molecule has 5 rings (SSSR count). The number of carbonyl (C=O) groups excluding carboxylic acids is 3. The second-order valence-electron chi connectivity index (χ2n) is 9.14. The highest BCUT2D eigenvalue weighted by Gasteiger charge is 2.51. The zero-order valence-electron chi connectivity index (χ0n) is 18.8. The molecular weight excluding hydrogens is 462 g/mol. The number of hydrazine groups is 1. The number of benzene rings is 1. The quantitative estimate of drug-likeness (QED) is 0.168. The molecule has 0 radical (unpaired) electrons. The van der Waals surface area contributed by atoms with Gasteiger partial charge in [0.2, 0.25) is 0 Å². The molecule has 35 heavy (non-hydrogen) atoms. The van der Waals surface area contributed by atoms with Crippen molar-refractivity contribution in [1.29, 1.82) is 0 Å². The first-order valence-electron chi connectivity index (χ1n) is 11.0. The molecule has 2 unspecified atom stereocenters. The van der Waals surface area contributed by atoms with E-state index in [0.29, 0.717) is 17.7 Å². The SMILES string of the molecule is Cc1c(C(=O)C(=O)NC2(C(N)=CNN)COC2)c2n(c1C(=O)Nc1ccc(F)c(F)c1)C1CC1C2. The number of nitrogens with two attached hydrogens (primary N) is 2. The fourth-order valence-corrected chi connectivity index (χ4v) is 4.93. The van der Waals surface area contributed by atoms with Crippen LogP contribution in [-0.2, 0) is 16.0 Å². The van der Waals surface area contributed by atoms with Gasteiger partial charge in [-0.2, -0.15) is 0 Å². The maximum absolute atomic E-state index is 13.6. The minimum absolute atomic E-state index is 0.0552. The predicted molar refractivity (Wildman–Crippen MR) is 120 cm³/mol. The van der Waals surface area contributed by atoms with Crippen molar-refractivity contribution < 1.29 is 27.9 Å². The van der Waals surface area contributed by atoms with Gasteiger partial charge in [0.05, 0.1) is 24.5 Å². The van der Waals surface area contributed by atoms with Crippen LogP contribution in [0.25, 0.3) is 0 Å². The van der Waals surface area contributed by atoms with Crippen molar-refractivity contribution in [2.24, 2.45) is 17.5 Å². The maximum atomic E-state index is 13.6. The lowest BCUT2D eigenvalue weighted by molar-refractivity contribution is -0.125. The van der Waals surface area contributed by atoms with Crippen LogP contribution < -0.4 is 27.6 Å². The molecule has 2 fully saturated rings. The first kappa shape index (κ1) is 23.0. The predicted octanol–water partition coefficient (Wildman–Crippen LogP) is 0.775. The van der Waals surface area contributed by atoms with Crippen molar-refractivity contribution in [3.8, 4) is 0 Å². The van der Waals surface area contributed by atoms with Crippen molar-refractivity contribution in [3.05, 3.63) is 64.2 Å². The van der Waals surface area contributed by atoms with E-state index in [-0.39, 0.29) is 47.8 Å². The highest BCUT2D eigenvalue weighted by Crippen LogP contribution is 2.54. The van der Waals surface area contributed by atoms with Gasteiger partial charge in [-0.3, -0.25) is 20.2 Å². The molecule has 12 heteroatoms. The monoisotopic (exact) mass is 486 g/mol. The molecule has 1 saturated heterocycles. The van der Waals surface area contributed by atoms with Crippen LogP contribution in [0.2, 0.25) is 0 Å². The number of ketones is 1. The fourth-order valence-electron chi connectivity index (χ4n) is 4.93. The number of fused-ring (bicyclic) bond motifs is 3. The van der Waals surface area contributed by atoms with Gasteiger partial charge in [0.15, 0.2) is 11.6 Å². The average Bonchev–Trinajstić information content (AvgIpc) is 3.36. The molecule has 0 bridgehead atoms. The zero-order chi connectivity index (χ0) is 25.1. The molecule has 0 spiro atoms. The number of halogens is 2. The van der Waals surface area contributed by atoms with Crippen molar-refractivity contribution in [1.82, 2.24) is 15.3 Å². The van der Waals surface area contributed by atoms with E-state index in [0.717, 1.165) is 18.6 Å². The second-order valence-corrected chi connectivity index (χ2v) is 9.14. The normalized spacial score (nSPS) is 21.4. The molecule has 2 atom stereocenters. The summed E-state index contributed by atoms with van der Waals surface area (Å²) < 4.78 is 33.9. The number of ether oxygens (including phenoxy) is 1. The van der Waals surface area contributed by atoms with Crippen LogP contribution in [0, 0.1) is 24.5 Å². The lowest BCUT2D eigenvalue weighted by Crippen LogP contribution is -2.66. The Balaban J connectivity index is 1.45. The number of hydrogen-bond acceptors (Lipinski definition) is 7. The van der Waals surface area contributed by atoms with Gasteiger partial charge in [0.25, 0.3) is 17.6 Å². The van der Waals surface area contributed by atoms with Crippen LogP contribution in [-0.4, -0.2) is 40.9 Å². The lowest BCUT2D eigenvalue weighted by atomic mass is 9.92. The number of carbonyl (C=O) groups is 3. The molecule has 10 nitrogen and oxygen atoms in total. The van der Waals surface area contributed by atoms with E-state index < -0.39 is 34.8 Å². The Labute approximate surface area is 198 Å². The van der Waals surface area contributed by atoms with Crippen molar-refractivity contribution in [2.75, 3.05) is 18.5 Å². The molecule has 2 aliphatic heterocycles. The number of hydrogen-bond donors (Lipinski definition) is 5. The number of amides is 2. The summed E-state index contributed by atoms with van der Waals surface area (Å²) >= 11 is 0. The number of nitrogens with zero attached hydrogens (tertiary/aromatic N) is 1. The Bertz CT molecular complexity index is 1300. The molecule has 3 aliphatic rings. The van der Waals surface area contributed by atoms with Gasteiger partial charge < -0.3 is 31.1 Å². The molecule has 1 aromatic carbocycles. The first-order chi connectivity index (χ1) is 16.7. The lowest BCUT2D eigenvalue weighted by Gasteiger charge is -2.42. The number of Topliss-reactive ketones (excluding diaryl/α,β-unsaturated/α-hetero) is 1.